The van der Waals surface area contributed by atoms with Gasteiger partial charge in [0.1, 0.15) is 11.3 Å². The summed E-state index contributed by atoms with van der Waals surface area (Å²) in [6.07, 6.45) is 9.43. The molecule has 1 aliphatic carbocycles. The highest BCUT2D eigenvalue weighted by Crippen LogP contribution is 2.34. The largest absolute Gasteiger partial charge is 0.382 e. The topological polar surface area (TPSA) is 87.9 Å². The van der Waals surface area contributed by atoms with Gasteiger partial charge in [-0.3, -0.25) is 4.79 Å². The molecule has 1 saturated carbocycles. The summed E-state index contributed by atoms with van der Waals surface area (Å²) in [5.74, 6) is 2.06. The van der Waals surface area contributed by atoms with E-state index < -0.39 is 0 Å². The number of benzene rings is 1. The number of H-pyrrole nitrogens is 1. The number of imidazole rings is 1. The molecule has 1 amide bonds. The second-order valence-electron chi connectivity index (χ2n) is 8.29. The zero-order valence-corrected chi connectivity index (χ0v) is 16.2. The maximum Gasteiger partial charge on any atom is 0.223 e. The first-order chi connectivity index (χ1) is 13.7. The van der Waals surface area contributed by atoms with Crippen molar-refractivity contribution in [3.05, 3.63) is 29.6 Å². The van der Waals surface area contributed by atoms with Crippen LogP contribution in [0.2, 0.25) is 0 Å². The van der Waals surface area contributed by atoms with E-state index in [1.807, 2.05) is 4.90 Å². The van der Waals surface area contributed by atoms with Gasteiger partial charge in [-0.25, -0.2) is 9.97 Å². The van der Waals surface area contributed by atoms with Crippen molar-refractivity contribution in [2.45, 2.75) is 63.8 Å². The smallest absolute Gasteiger partial charge is 0.223 e. The van der Waals surface area contributed by atoms with Crippen molar-refractivity contribution in [2.75, 3.05) is 12.3 Å². The number of pyridine rings is 1. The van der Waals surface area contributed by atoms with Crippen LogP contribution in [0.15, 0.2) is 18.2 Å². The number of nitrogen functional groups attached to an aromatic ring is 1. The Morgan fingerprint density at radius 1 is 1.11 bits per heavy atom. The van der Waals surface area contributed by atoms with Crippen molar-refractivity contribution in [1.82, 2.24) is 19.9 Å². The number of hydrogen-bond acceptors (Lipinski definition) is 4. The van der Waals surface area contributed by atoms with Gasteiger partial charge in [-0.15, -0.1) is 0 Å². The normalized spacial score (nSPS) is 19.0. The molecule has 2 fully saturated rings. The number of likely N-dealkylation sites (tertiary alicyclic amines) is 1. The Kier molecular flexibility index (Phi) is 4.41. The third kappa shape index (κ3) is 3.11. The van der Waals surface area contributed by atoms with Crippen molar-refractivity contribution in [3.63, 3.8) is 0 Å². The number of nitrogens with two attached hydrogens (primary N) is 1. The number of aromatic amines is 1. The molecule has 2 aliphatic rings. The first-order valence-electron chi connectivity index (χ1n) is 10.5. The van der Waals surface area contributed by atoms with E-state index in [-0.39, 0.29) is 5.91 Å². The number of nitrogens with zero attached hydrogens (tertiary/aromatic N) is 3. The van der Waals surface area contributed by atoms with E-state index in [1.165, 1.54) is 44.1 Å². The van der Waals surface area contributed by atoms with E-state index in [2.05, 4.69) is 33.2 Å². The SMILES string of the molecule is Nc1nc2cc(C3CCCCCC3)ccc2c2[nH]c(CN3CCCC3=O)nc12. The number of rotatable bonds is 3. The highest BCUT2D eigenvalue weighted by Gasteiger charge is 2.22. The lowest BCUT2D eigenvalue weighted by Crippen LogP contribution is -2.24. The molecule has 0 bridgehead atoms. The zero-order valence-electron chi connectivity index (χ0n) is 16.2. The first-order valence-corrected chi connectivity index (χ1v) is 10.5. The van der Waals surface area contributed by atoms with Crippen molar-refractivity contribution < 1.29 is 4.79 Å². The highest BCUT2D eigenvalue weighted by atomic mass is 16.2. The molecule has 0 spiro atoms. The van der Waals surface area contributed by atoms with Crippen LogP contribution in [0.1, 0.15) is 68.7 Å². The molecule has 1 aliphatic heterocycles. The second kappa shape index (κ2) is 7.08. The molecule has 0 atom stereocenters. The lowest BCUT2D eigenvalue weighted by Gasteiger charge is -2.15. The Balaban J connectivity index is 1.52. The van der Waals surface area contributed by atoms with Crippen LogP contribution in [-0.4, -0.2) is 32.3 Å². The van der Waals surface area contributed by atoms with Crippen LogP contribution in [0.3, 0.4) is 0 Å². The molecule has 3 N–H and O–H groups in total. The van der Waals surface area contributed by atoms with Gasteiger partial charge in [0, 0.05) is 18.4 Å². The Morgan fingerprint density at radius 2 is 1.93 bits per heavy atom. The number of aromatic nitrogens is 3. The third-order valence-corrected chi connectivity index (χ3v) is 6.37. The lowest BCUT2D eigenvalue weighted by molar-refractivity contribution is -0.128. The maximum atomic E-state index is 11.9. The van der Waals surface area contributed by atoms with E-state index >= 15 is 0 Å². The second-order valence-corrected chi connectivity index (χ2v) is 8.29. The van der Waals surface area contributed by atoms with Crippen LogP contribution in [0.25, 0.3) is 21.9 Å². The lowest BCUT2D eigenvalue weighted by atomic mass is 9.91. The van der Waals surface area contributed by atoms with Crippen LogP contribution >= 0.6 is 0 Å². The molecule has 6 heteroatoms. The number of carbonyl (C=O) groups is 1. The zero-order chi connectivity index (χ0) is 19.1. The number of hydrogen-bond donors (Lipinski definition) is 2. The van der Waals surface area contributed by atoms with Gasteiger partial charge in [0.15, 0.2) is 5.82 Å². The van der Waals surface area contributed by atoms with Gasteiger partial charge in [-0.2, -0.15) is 0 Å². The average molecular weight is 377 g/mol. The Labute approximate surface area is 164 Å². The standard InChI is InChI=1S/C22H27N5O/c23-22-21-20(25-18(26-21)13-27-11-5-8-19(27)28)16-10-9-15(12-17(16)24-22)14-6-3-1-2-4-7-14/h9-10,12,14H,1-8,11,13H2,(H2,23,24)(H,25,26). The van der Waals surface area contributed by atoms with Gasteiger partial charge in [0.25, 0.3) is 0 Å². The molecule has 28 heavy (non-hydrogen) atoms. The Bertz CT molecular complexity index is 1030. The molecular weight excluding hydrogens is 350 g/mol. The quantitative estimate of drug-likeness (QED) is 0.668. The summed E-state index contributed by atoms with van der Waals surface area (Å²) in [6, 6.07) is 6.62. The Hall–Kier alpha value is -2.63. The van der Waals surface area contributed by atoms with E-state index in [4.69, 9.17) is 5.73 Å². The number of fused-ring (bicyclic) bond motifs is 3. The highest BCUT2D eigenvalue weighted by molar-refractivity contribution is 6.06. The molecule has 1 saturated heterocycles. The van der Waals surface area contributed by atoms with Crippen molar-refractivity contribution in [1.29, 1.82) is 0 Å². The minimum Gasteiger partial charge on any atom is -0.382 e. The molecule has 5 rings (SSSR count). The van der Waals surface area contributed by atoms with Crippen LogP contribution in [0.5, 0.6) is 0 Å². The first kappa shape index (κ1) is 17.5. The van der Waals surface area contributed by atoms with Gasteiger partial charge in [0.05, 0.1) is 17.6 Å². The third-order valence-electron chi connectivity index (χ3n) is 6.37. The molecule has 146 valence electrons. The fourth-order valence-corrected chi connectivity index (χ4v) is 4.83. The van der Waals surface area contributed by atoms with Gasteiger partial charge in [0.2, 0.25) is 5.91 Å². The molecule has 6 nitrogen and oxygen atoms in total. The summed E-state index contributed by atoms with van der Waals surface area (Å²) in [5.41, 5.74) is 10.2. The van der Waals surface area contributed by atoms with Crippen molar-refractivity contribution in [2.24, 2.45) is 0 Å². The fourth-order valence-electron chi connectivity index (χ4n) is 4.83. The monoisotopic (exact) mass is 377 g/mol. The van der Waals surface area contributed by atoms with Gasteiger partial charge < -0.3 is 15.6 Å². The molecule has 1 aromatic carbocycles. The predicted octanol–water partition coefficient (Wildman–Crippen LogP) is 4.25. The molecule has 3 aromatic rings. The summed E-state index contributed by atoms with van der Waals surface area (Å²) in [4.78, 5) is 26.5. The molecule has 3 heterocycles. The van der Waals surface area contributed by atoms with Crippen LogP contribution in [0.4, 0.5) is 5.82 Å². The van der Waals surface area contributed by atoms with Crippen LogP contribution < -0.4 is 5.73 Å². The summed E-state index contributed by atoms with van der Waals surface area (Å²) in [5, 5.41) is 1.05. The van der Waals surface area contributed by atoms with E-state index in [0.29, 0.717) is 30.2 Å². The van der Waals surface area contributed by atoms with Crippen molar-refractivity contribution >= 4 is 33.7 Å². The van der Waals surface area contributed by atoms with Gasteiger partial charge in [-0.1, -0.05) is 37.8 Å². The number of anilines is 1. The minimum atomic E-state index is 0.199. The molecule has 2 aromatic heterocycles. The van der Waals surface area contributed by atoms with Gasteiger partial charge in [-0.05, 0) is 36.8 Å². The summed E-state index contributed by atoms with van der Waals surface area (Å²) in [7, 11) is 0. The van der Waals surface area contributed by atoms with Crippen molar-refractivity contribution in [3.8, 4) is 0 Å². The molecular formula is C22H27N5O. The summed E-state index contributed by atoms with van der Waals surface area (Å²) < 4.78 is 0. The predicted molar refractivity (Wildman–Crippen MR) is 111 cm³/mol. The average Bonchev–Trinajstić information content (AvgIpc) is 3.19. The minimum absolute atomic E-state index is 0.199. The van der Waals surface area contributed by atoms with Gasteiger partial charge >= 0.3 is 0 Å². The van der Waals surface area contributed by atoms with E-state index in [0.717, 1.165) is 35.2 Å². The number of carbonyl (C=O) groups excluding carboxylic acids is 1. The molecule has 0 unspecified atom stereocenters. The number of nitrogens with one attached hydrogen (secondary N) is 1. The van der Waals surface area contributed by atoms with E-state index in [9.17, 15) is 4.79 Å². The summed E-state index contributed by atoms with van der Waals surface area (Å²) in [6.45, 7) is 1.31. The fraction of sp³-hybridized carbons (Fsp3) is 0.500. The number of amides is 1. The maximum absolute atomic E-state index is 11.9. The van der Waals surface area contributed by atoms with Crippen LogP contribution in [-0.2, 0) is 11.3 Å². The summed E-state index contributed by atoms with van der Waals surface area (Å²) >= 11 is 0. The molecule has 0 radical (unpaired) electrons. The van der Waals surface area contributed by atoms with Crippen LogP contribution in [0, 0.1) is 0 Å². The Morgan fingerprint density at radius 3 is 2.68 bits per heavy atom. The van der Waals surface area contributed by atoms with E-state index in [1.54, 1.807) is 0 Å².